The largest absolute Gasteiger partial charge is 0.355 e. The third-order valence-corrected chi connectivity index (χ3v) is 6.92. The molecule has 0 radical (unpaired) electrons. The number of nitrogens with zero attached hydrogens (tertiary/aromatic N) is 5. The fourth-order valence-electron chi connectivity index (χ4n) is 4.91. The number of benzene rings is 1. The molecule has 9 heteroatoms. The van der Waals surface area contributed by atoms with Crippen molar-refractivity contribution in [2.75, 3.05) is 49.9 Å². The number of fused-ring (bicyclic) bond motifs is 1. The van der Waals surface area contributed by atoms with Gasteiger partial charge >= 0.3 is 0 Å². The van der Waals surface area contributed by atoms with Crippen molar-refractivity contribution in [1.82, 2.24) is 14.8 Å². The molecule has 186 valence electrons. The second-order valence-corrected chi connectivity index (χ2v) is 9.63. The maximum Gasteiger partial charge on any atom is 0.254 e. The number of pyridine rings is 1. The Morgan fingerprint density at radius 1 is 1.11 bits per heavy atom. The fraction of sp³-hybridized carbons (Fsp3) is 0.462. The molecule has 2 aromatic rings. The molecule has 2 heterocycles. The first-order valence-electron chi connectivity index (χ1n) is 12.1. The number of amides is 3. The Bertz CT molecular complexity index is 1130. The number of carbonyl (C=O) groups excluding carboxylic acids is 3. The Morgan fingerprint density at radius 2 is 1.83 bits per heavy atom. The van der Waals surface area contributed by atoms with Crippen LogP contribution in [0.25, 0.3) is 0 Å². The molecular weight excluding hydrogens is 444 g/mol. The number of rotatable bonds is 6. The van der Waals surface area contributed by atoms with Crippen LogP contribution in [0, 0.1) is 0 Å². The molecule has 1 aromatic heterocycles. The first-order chi connectivity index (χ1) is 16.7. The lowest BCUT2D eigenvalue weighted by atomic mass is 10.0. The van der Waals surface area contributed by atoms with Crippen molar-refractivity contribution in [3.05, 3.63) is 42.1 Å². The Hall–Kier alpha value is -3.62. The van der Waals surface area contributed by atoms with E-state index in [9.17, 15) is 14.4 Å². The Labute approximate surface area is 206 Å². The Balaban J connectivity index is 1.57. The van der Waals surface area contributed by atoms with E-state index in [1.807, 2.05) is 19.1 Å². The SMILES string of the molecule is CC1C(=O)N(C)c2cnc(Nc3cccc(C(=O)N(C)CC(=O)N(C)C)c3)cc2N1C1CCCC1. The second kappa shape index (κ2) is 9.93. The molecule has 4 rings (SSSR count). The molecule has 1 fully saturated rings. The molecule has 0 saturated heterocycles. The lowest BCUT2D eigenvalue weighted by Crippen LogP contribution is -2.54. The molecule has 1 atom stereocenters. The van der Waals surface area contributed by atoms with Crippen molar-refractivity contribution in [3.8, 4) is 0 Å². The highest BCUT2D eigenvalue weighted by molar-refractivity contribution is 6.05. The van der Waals surface area contributed by atoms with Gasteiger partial charge in [-0.1, -0.05) is 18.9 Å². The maximum absolute atomic E-state index is 12.9. The van der Waals surface area contributed by atoms with E-state index in [2.05, 4.69) is 15.2 Å². The van der Waals surface area contributed by atoms with Crippen molar-refractivity contribution < 1.29 is 14.4 Å². The highest BCUT2D eigenvalue weighted by Crippen LogP contribution is 2.41. The summed E-state index contributed by atoms with van der Waals surface area (Å²) in [6.07, 6.45) is 6.26. The van der Waals surface area contributed by atoms with Crippen LogP contribution in [0.4, 0.5) is 22.9 Å². The first-order valence-corrected chi connectivity index (χ1v) is 12.1. The summed E-state index contributed by atoms with van der Waals surface area (Å²) in [4.78, 5) is 49.1. The van der Waals surface area contributed by atoms with Crippen molar-refractivity contribution in [2.24, 2.45) is 0 Å². The van der Waals surface area contributed by atoms with Gasteiger partial charge in [0.25, 0.3) is 5.91 Å². The Morgan fingerprint density at radius 3 is 2.51 bits per heavy atom. The summed E-state index contributed by atoms with van der Waals surface area (Å²) in [6, 6.07) is 9.26. The van der Waals surface area contributed by atoms with Crippen LogP contribution >= 0.6 is 0 Å². The fourth-order valence-corrected chi connectivity index (χ4v) is 4.91. The third kappa shape index (κ3) is 4.94. The van der Waals surface area contributed by atoms with E-state index < -0.39 is 0 Å². The summed E-state index contributed by atoms with van der Waals surface area (Å²) in [7, 11) is 6.74. The van der Waals surface area contributed by atoms with Crippen molar-refractivity contribution in [3.63, 3.8) is 0 Å². The van der Waals surface area contributed by atoms with Gasteiger partial charge in [0.1, 0.15) is 11.9 Å². The van der Waals surface area contributed by atoms with Crippen LogP contribution in [0.3, 0.4) is 0 Å². The van der Waals surface area contributed by atoms with Crippen LogP contribution in [0.2, 0.25) is 0 Å². The first kappa shape index (κ1) is 24.5. The summed E-state index contributed by atoms with van der Waals surface area (Å²) in [5.41, 5.74) is 3.00. The number of likely N-dealkylation sites (N-methyl/N-ethyl adjacent to an activating group) is 3. The smallest absolute Gasteiger partial charge is 0.254 e. The molecule has 1 aliphatic carbocycles. The van der Waals surface area contributed by atoms with E-state index in [-0.39, 0.29) is 30.3 Å². The zero-order valence-corrected chi connectivity index (χ0v) is 21.1. The van der Waals surface area contributed by atoms with Gasteiger partial charge in [0.05, 0.1) is 24.1 Å². The van der Waals surface area contributed by atoms with Crippen LogP contribution < -0.4 is 15.1 Å². The third-order valence-electron chi connectivity index (χ3n) is 6.92. The predicted molar refractivity (Wildman–Crippen MR) is 137 cm³/mol. The van der Waals surface area contributed by atoms with Crippen LogP contribution in [0.1, 0.15) is 43.0 Å². The molecule has 0 spiro atoms. The summed E-state index contributed by atoms with van der Waals surface area (Å²) in [6.45, 7) is 1.98. The molecule has 1 aromatic carbocycles. The summed E-state index contributed by atoms with van der Waals surface area (Å²) in [5.74, 6) is 0.346. The van der Waals surface area contributed by atoms with Crippen molar-refractivity contribution in [1.29, 1.82) is 0 Å². The van der Waals surface area contributed by atoms with Gasteiger partial charge in [-0.2, -0.15) is 0 Å². The number of hydrogen-bond donors (Lipinski definition) is 1. The van der Waals surface area contributed by atoms with Crippen LogP contribution in [-0.4, -0.2) is 79.3 Å². The molecule has 1 unspecified atom stereocenters. The van der Waals surface area contributed by atoms with E-state index in [0.29, 0.717) is 17.4 Å². The quantitative estimate of drug-likeness (QED) is 0.686. The average molecular weight is 479 g/mol. The van der Waals surface area contributed by atoms with Crippen LogP contribution in [0.15, 0.2) is 36.5 Å². The predicted octanol–water partition coefficient (Wildman–Crippen LogP) is 3.10. The maximum atomic E-state index is 12.9. The lowest BCUT2D eigenvalue weighted by Gasteiger charge is -2.43. The minimum absolute atomic E-state index is 0.0112. The zero-order chi connectivity index (χ0) is 25.3. The standard InChI is InChI=1S/C26H34N6O3/c1-17-25(34)31(5)22-15-27-23(14-21(22)32(17)20-11-6-7-12-20)28-19-10-8-9-18(13-19)26(35)30(4)16-24(33)29(2)3/h8-10,13-15,17,20H,6-7,11-12,16H2,1-5H3,(H,27,28). The van der Waals surface area contributed by atoms with Gasteiger partial charge in [-0.25, -0.2) is 4.98 Å². The molecule has 3 amide bonds. The second-order valence-electron chi connectivity index (χ2n) is 9.63. The summed E-state index contributed by atoms with van der Waals surface area (Å²) >= 11 is 0. The van der Waals surface area contributed by atoms with Gasteiger partial charge in [-0.05, 0) is 38.0 Å². The van der Waals surface area contributed by atoms with Gasteiger partial charge in [-0.3, -0.25) is 14.4 Å². The summed E-state index contributed by atoms with van der Waals surface area (Å²) in [5, 5.41) is 3.31. The topological polar surface area (TPSA) is 89.1 Å². The van der Waals surface area contributed by atoms with E-state index in [4.69, 9.17) is 0 Å². The number of aromatic nitrogens is 1. The molecule has 2 aliphatic rings. The van der Waals surface area contributed by atoms with Gasteiger partial charge in [0.2, 0.25) is 11.8 Å². The van der Waals surface area contributed by atoms with E-state index >= 15 is 0 Å². The van der Waals surface area contributed by atoms with E-state index in [0.717, 1.165) is 29.9 Å². The molecule has 9 nitrogen and oxygen atoms in total. The van der Waals surface area contributed by atoms with E-state index in [1.54, 1.807) is 57.5 Å². The van der Waals surface area contributed by atoms with Gasteiger partial charge in [0.15, 0.2) is 0 Å². The average Bonchev–Trinajstić information content (AvgIpc) is 3.36. The van der Waals surface area contributed by atoms with Gasteiger partial charge < -0.3 is 24.9 Å². The molecule has 1 saturated carbocycles. The molecule has 0 bridgehead atoms. The molecule has 1 aliphatic heterocycles. The molecular formula is C26H34N6O3. The minimum Gasteiger partial charge on any atom is -0.355 e. The van der Waals surface area contributed by atoms with Crippen molar-refractivity contribution in [2.45, 2.75) is 44.7 Å². The van der Waals surface area contributed by atoms with Crippen molar-refractivity contribution >= 4 is 40.6 Å². The summed E-state index contributed by atoms with van der Waals surface area (Å²) < 4.78 is 0. The number of carbonyl (C=O) groups is 3. The van der Waals surface area contributed by atoms with Crippen LogP contribution in [-0.2, 0) is 9.59 Å². The number of nitrogens with one attached hydrogen (secondary N) is 1. The highest BCUT2D eigenvalue weighted by Gasteiger charge is 2.38. The van der Waals surface area contributed by atoms with E-state index in [1.165, 1.54) is 22.6 Å². The van der Waals surface area contributed by atoms with Gasteiger partial charge in [-0.15, -0.1) is 0 Å². The minimum atomic E-state index is -0.233. The zero-order valence-electron chi connectivity index (χ0n) is 21.1. The van der Waals surface area contributed by atoms with Gasteiger partial charge in [0, 0.05) is 51.5 Å². The normalized spacial score (nSPS) is 17.9. The lowest BCUT2D eigenvalue weighted by molar-refractivity contribution is -0.129. The highest BCUT2D eigenvalue weighted by atomic mass is 16.2. The Kier molecular flexibility index (Phi) is 6.95. The van der Waals surface area contributed by atoms with Crippen LogP contribution in [0.5, 0.6) is 0 Å². The molecule has 1 N–H and O–H groups in total. The number of anilines is 4. The monoisotopic (exact) mass is 478 g/mol. The number of hydrogen-bond acceptors (Lipinski definition) is 6. The molecule has 35 heavy (non-hydrogen) atoms.